The van der Waals surface area contributed by atoms with E-state index in [1.165, 1.54) is 38.5 Å². The third kappa shape index (κ3) is 2.29. The molecule has 3 unspecified atom stereocenters. The standard InChI is InChI=1S/C23H34O3/c1-2-22-15-20(24)21-17-8-4-3-7-16(17)9-10-18(21)19(22)11-12-23(22)25-13-5-6-14-26-23/h7,17-19,21H,2-6,8-15H2,1H3/t17?,18?,19-,21+,22?/m0/s1. The molecule has 0 amide bonds. The molecule has 3 heteroatoms. The largest absolute Gasteiger partial charge is 0.349 e. The van der Waals surface area contributed by atoms with Crippen molar-refractivity contribution < 1.29 is 14.3 Å². The molecule has 0 N–H and O–H groups in total. The molecule has 5 atom stereocenters. The number of hydrogen-bond acceptors (Lipinski definition) is 3. The van der Waals surface area contributed by atoms with Crippen LogP contribution in [0.25, 0.3) is 0 Å². The van der Waals surface area contributed by atoms with Crippen LogP contribution in [0.3, 0.4) is 0 Å². The fraction of sp³-hybridized carbons (Fsp3) is 0.870. The van der Waals surface area contributed by atoms with Crippen molar-refractivity contribution in [1.29, 1.82) is 0 Å². The average molecular weight is 359 g/mol. The molecular formula is C23H34O3. The highest BCUT2D eigenvalue weighted by Gasteiger charge is 2.68. The van der Waals surface area contributed by atoms with Crippen LogP contribution in [0.4, 0.5) is 0 Å². The third-order valence-electron chi connectivity index (χ3n) is 8.73. The van der Waals surface area contributed by atoms with E-state index < -0.39 is 5.79 Å². The Hall–Kier alpha value is -0.670. The maximum Gasteiger partial charge on any atom is 0.174 e. The molecule has 0 bridgehead atoms. The van der Waals surface area contributed by atoms with Gasteiger partial charge in [0, 0.05) is 24.2 Å². The van der Waals surface area contributed by atoms with Crippen molar-refractivity contribution in [3.05, 3.63) is 11.6 Å². The maximum absolute atomic E-state index is 13.6. The first kappa shape index (κ1) is 17.4. The highest BCUT2D eigenvalue weighted by Crippen LogP contribution is 2.66. The minimum absolute atomic E-state index is 0.0779. The highest BCUT2D eigenvalue weighted by atomic mass is 16.7. The van der Waals surface area contributed by atoms with Crippen LogP contribution in [0.15, 0.2) is 11.6 Å². The summed E-state index contributed by atoms with van der Waals surface area (Å²) >= 11 is 0. The van der Waals surface area contributed by atoms with Crippen LogP contribution in [0, 0.1) is 29.1 Å². The van der Waals surface area contributed by atoms with Gasteiger partial charge >= 0.3 is 0 Å². The van der Waals surface area contributed by atoms with E-state index in [1.54, 1.807) is 5.57 Å². The van der Waals surface area contributed by atoms with E-state index in [4.69, 9.17) is 9.47 Å². The smallest absolute Gasteiger partial charge is 0.174 e. The lowest BCUT2D eigenvalue weighted by molar-refractivity contribution is -0.293. The van der Waals surface area contributed by atoms with Crippen LogP contribution in [-0.4, -0.2) is 24.8 Å². The van der Waals surface area contributed by atoms with Crippen molar-refractivity contribution >= 4 is 5.78 Å². The van der Waals surface area contributed by atoms with Gasteiger partial charge in [0.25, 0.3) is 0 Å². The monoisotopic (exact) mass is 358 g/mol. The first-order chi connectivity index (χ1) is 12.7. The molecule has 0 aromatic rings. The summed E-state index contributed by atoms with van der Waals surface area (Å²) in [4.78, 5) is 13.6. The van der Waals surface area contributed by atoms with Crippen molar-refractivity contribution in [1.82, 2.24) is 0 Å². The summed E-state index contributed by atoms with van der Waals surface area (Å²) in [5, 5.41) is 0. The lowest BCUT2D eigenvalue weighted by Gasteiger charge is -2.56. The molecule has 3 nitrogen and oxygen atoms in total. The second-order valence-electron chi connectivity index (χ2n) is 9.50. The van der Waals surface area contributed by atoms with Gasteiger partial charge in [-0.05, 0) is 75.5 Å². The number of carbonyl (C=O) groups excluding carboxylic acids is 1. The molecule has 5 aliphatic rings. The Balaban J connectivity index is 1.52. The van der Waals surface area contributed by atoms with Gasteiger partial charge in [0.2, 0.25) is 0 Å². The SMILES string of the molecule is CCC12CC(=O)[C@@H]3C4CCCC=C4CCC3[C@@H]1CCC21OCCCCO1. The summed E-state index contributed by atoms with van der Waals surface area (Å²) in [5.74, 6) is 2.07. The molecule has 3 saturated carbocycles. The van der Waals surface area contributed by atoms with Gasteiger partial charge in [-0.2, -0.15) is 0 Å². The second kappa shape index (κ2) is 6.44. The number of ether oxygens (including phenoxy) is 2. The van der Waals surface area contributed by atoms with E-state index in [1.807, 2.05) is 0 Å². The summed E-state index contributed by atoms with van der Waals surface area (Å²) < 4.78 is 12.9. The second-order valence-corrected chi connectivity index (χ2v) is 9.50. The molecule has 1 aliphatic heterocycles. The van der Waals surface area contributed by atoms with Gasteiger partial charge in [-0.3, -0.25) is 4.79 Å². The van der Waals surface area contributed by atoms with Gasteiger partial charge in [0.1, 0.15) is 5.78 Å². The van der Waals surface area contributed by atoms with Crippen molar-refractivity contribution in [2.75, 3.05) is 13.2 Å². The number of hydrogen-bond donors (Lipinski definition) is 0. The molecule has 5 rings (SSSR count). The summed E-state index contributed by atoms with van der Waals surface area (Å²) in [6, 6.07) is 0. The van der Waals surface area contributed by atoms with Crippen LogP contribution < -0.4 is 0 Å². The number of Topliss-reactive ketones (excluding diaryl/α,β-unsaturated/α-hetero) is 1. The summed E-state index contributed by atoms with van der Waals surface area (Å²) in [6.45, 7) is 3.87. The van der Waals surface area contributed by atoms with Crippen molar-refractivity contribution in [3.63, 3.8) is 0 Å². The first-order valence-electron chi connectivity index (χ1n) is 11.2. The van der Waals surface area contributed by atoms with Crippen LogP contribution >= 0.6 is 0 Å². The van der Waals surface area contributed by atoms with E-state index in [-0.39, 0.29) is 5.41 Å². The van der Waals surface area contributed by atoms with Crippen molar-refractivity contribution in [2.45, 2.75) is 83.3 Å². The zero-order valence-electron chi connectivity index (χ0n) is 16.3. The van der Waals surface area contributed by atoms with Crippen LogP contribution in [0.1, 0.15) is 77.6 Å². The van der Waals surface area contributed by atoms with Gasteiger partial charge in [-0.1, -0.05) is 18.6 Å². The molecule has 4 fully saturated rings. The zero-order chi connectivity index (χ0) is 17.8. The normalized spacial score (nSPS) is 44.7. The van der Waals surface area contributed by atoms with E-state index in [2.05, 4.69) is 13.0 Å². The van der Waals surface area contributed by atoms with E-state index >= 15 is 0 Å². The first-order valence-corrected chi connectivity index (χ1v) is 11.2. The predicted octanol–water partition coefficient (Wildman–Crippen LogP) is 5.04. The quantitative estimate of drug-likeness (QED) is 0.616. The van der Waals surface area contributed by atoms with Gasteiger partial charge in [-0.25, -0.2) is 0 Å². The minimum Gasteiger partial charge on any atom is -0.349 e. The average Bonchev–Trinajstić information content (AvgIpc) is 2.81. The molecule has 1 heterocycles. The van der Waals surface area contributed by atoms with E-state index in [9.17, 15) is 4.79 Å². The predicted molar refractivity (Wildman–Crippen MR) is 101 cm³/mol. The topological polar surface area (TPSA) is 35.5 Å². The Kier molecular flexibility index (Phi) is 4.32. The molecule has 1 saturated heterocycles. The van der Waals surface area contributed by atoms with E-state index in [0.717, 1.165) is 38.9 Å². The molecule has 1 spiro atoms. The molecule has 144 valence electrons. The molecule has 0 radical (unpaired) electrons. The Morgan fingerprint density at radius 1 is 1.12 bits per heavy atom. The summed E-state index contributed by atoms with van der Waals surface area (Å²) in [7, 11) is 0. The zero-order valence-corrected chi connectivity index (χ0v) is 16.3. The Morgan fingerprint density at radius 3 is 2.69 bits per heavy atom. The third-order valence-corrected chi connectivity index (χ3v) is 8.73. The summed E-state index contributed by atoms with van der Waals surface area (Å²) in [6.07, 6.45) is 14.7. The Labute approximate surface area is 157 Å². The molecule has 26 heavy (non-hydrogen) atoms. The van der Waals surface area contributed by atoms with Crippen LogP contribution in [0.2, 0.25) is 0 Å². The molecular weight excluding hydrogens is 324 g/mol. The lowest BCUT2D eigenvalue weighted by Crippen LogP contribution is -2.58. The number of fused-ring (bicyclic) bond motifs is 6. The molecule has 0 aromatic heterocycles. The van der Waals surface area contributed by atoms with Crippen molar-refractivity contribution in [2.24, 2.45) is 29.1 Å². The van der Waals surface area contributed by atoms with Gasteiger partial charge in [0.15, 0.2) is 5.79 Å². The molecule has 4 aliphatic carbocycles. The highest BCUT2D eigenvalue weighted by molar-refractivity contribution is 5.84. The number of ketones is 1. The number of allylic oxidation sites excluding steroid dienone is 2. The number of rotatable bonds is 1. The number of carbonyl (C=O) groups is 1. The fourth-order valence-electron chi connectivity index (χ4n) is 7.67. The minimum atomic E-state index is -0.480. The van der Waals surface area contributed by atoms with Crippen molar-refractivity contribution in [3.8, 4) is 0 Å². The van der Waals surface area contributed by atoms with E-state index in [0.29, 0.717) is 35.9 Å². The Bertz CT molecular complexity index is 601. The van der Waals surface area contributed by atoms with Gasteiger partial charge < -0.3 is 9.47 Å². The maximum atomic E-state index is 13.6. The fourth-order valence-corrected chi connectivity index (χ4v) is 7.67. The lowest BCUT2D eigenvalue weighted by atomic mass is 9.50. The van der Waals surface area contributed by atoms with Crippen LogP contribution in [-0.2, 0) is 14.3 Å². The van der Waals surface area contributed by atoms with Gasteiger partial charge in [-0.15, -0.1) is 0 Å². The summed E-state index contributed by atoms with van der Waals surface area (Å²) in [5.41, 5.74) is 1.54. The van der Waals surface area contributed by atoms with Crippen LogP contribution in [0.5, 0.6) is 0 Å². The Morgan fingerprint density at radius 2 is 1.92 bits per heavy atom. The van der Waals surface area contributed by atoms with Gasteiger partial charge in [0.05, 0.1) is 13.2 Å². The molecule has 0 aromatic carbocycles.